The van der Waals surface area contributed by atoms with Gasteiger partial charge in [-0.15, -0.1) is 0 Å². The van der Waals surface area contributed by atoms with E-state index in [9.17, 15) is 23.2 Å². The summed E-state index contributed by atoms with van der Waals surface area (Å²) >= 11 is 0. The summed E-state index contributed by atoms with van der Waals surface area (Å²) in [6.45, 7) is 11.1. The highest BCUT2D eigenvalue weighted by atomic mass is 32.3. The van der Waals surface area contributed by atoms with Crippen molar-refractivity contribution in [2.75, 3.05) is 0 Å². The van der Waals surface area contributed by atoms with Crippen molar-refractivity contribution < 1.29 is 27.4 Å². The monoisotopic (exact) mass is 500 g/mol. The van der Waals surface area contributed by atoms with Crippen molar-refractivity contribution in [1.82, 2.24) is 0 Å². The van der Waals surface area contributed by atoms with E-state index >= 15 is 0 Å². The Kier molecular flexibility index (Phi) is 7.57. The van der Waals surface area contributed by atoms with Crippen molar-refractivity contribution in [3.8, 4) is 0 Å². The molecule has 3 N–H and O–H groups in total. The van der Waals surface area contributed by atoms with Crippen molar-refractivity contribution >= 4 is 10.4 Å². The topological polar surface area (TPSA) is 104 Å². The lowest BCUT2D eigenvalue weighted by Crippen LogP contribution is -2.58. The third-order valence-corrected chi connectivity index (χ3v) is 11.8. The molecule has 4 aliphatic carbocycles. The van der Waals surface area contributed by atoms with E-state index in [2.05, 4.69) is 20.8 Å². The molecule has 0 aromatic rings. The molecule has 4 unspecified atom stereocenters. The van der Waals surface area contributed by atoms with Gasteiger partial charge in [0.15, 0.2) is 0 Å². The number of rotatable bonds is 7. The lowest BCUT2D eigenvalue weighted by Gasteiger charge is -2.62. The van der Waals surface area contributed by atoms with Crippen molar-refractivity contribution in [1.29, 1.82) is 0 Å². The van der Waals surface area contributed by atoms with Gasteiger partial charge < -0.3 is 10.2 Å². The molecule has 11 atom stereocenters. The first kappa shape index (κ1) is 26.8. The van der Waals surface area contributed by atoms with Gasteiger partial charge in [0.05, 0.1) is 18.3 Å². The summed E-state index contributed by atoms with van der Waals surface area (Å²) in [5, 5.41) is 21.7. The van der Waals surface area contributed by atoms with Crippen LogP contribution in [0.1, 0.15) is 98.8 Å². The molecular formula is C27H48O6S. The van der Waals surface area contributed by atoms with Gasteiger partial charge in [-0.05, 0) is 116 Å². The predicted molar refractivity (Wildman–Crippen MR) is 132 cm³/mol. The SMILES string of the molecule is CC(C)[C@@H](CC[C@@H](C)[C@H]1CCC2C3C(CC[C@@]21C)[C@@]1(C)CCC(O)C[C@H]1C[C@H]3O)OS(=O)(=O)O. The first-order valence-corrected chi connectivity index (χ1v) is 15.1. The molecule has 0 aromatic heterocycles. The van der Waals surface area contributed by atoms with E-state index in [4.69, 9.17) is 4.18 Å². The summed E-state index contributed by atoms with van der Waals surface area (Å²) in [5.74, 6) is 2.89. The minimum atomic E-state index is -4.45. The third kappa shape index (κ3) is 4.85. The molecule has 6 nitrogen and oxygen atoms in total. The zero-order chi connectivity index (χ0) is 25.1. The van der Waals surface area contributed by atoms with Gasteiger partial charge in [0.1, 0.15) is 0 Å². The smallest absolute Gasteiger partial charge is 0.393 e. The Morgan fingerprint density at radius 3 is 2.21 bits per heavy atom. The second-order valence-corrected chi connectivity index (χ2v) is 14.4. The lowest BCUT2D eigenvalue weighted by atomic mass is 9.43. The molecule has 0 radical (unpaired) electrons. The Labute approximate surface area is 207 Å². The van der Waals surface area contributed by atoms with E-state index in [1.807, 2.05) is 13.8 Å². The van der Waals surface area contributed by atoms with Crippen molar-refractivity contribution in [3.63, 3.8) is 0 Å². The van der Waals surface area contributed by atoms with Gasteiger partial charge in [-0.2, -0.15) is 8.42 Å². The first-order valence-electron chi connectivity index (χ1n) is 13.8. The highest BCUT2D eigenvalue weighted by Gasteiger charge is 2.62. The maximum atomic E-state index is 11.4. The zero-order valence-electron chi connectivity index (χ0n) is 21.8. The number of aliphatic hydroxyl groups is 2. The van der Waals surface area contributed by atoms with Crippen molar-refractivity contribution in [2.24, 2.45) is 52.3 Å². The Bertz CT molecular complexity index is 829. The molecule has 34 heavy (non-hydrogen) atoms. The van der Waals surface area contributed by atoms with E-state index in [0.717, 1.165) is 32.1 Å². The van der Waals surface area contributed by atoms with Gasteiger partial charge >= 0.3 is 10.4 Å². The molecule has 4 saturated carbocycles. The van der Waals surface area contributed by atoms with E-state index in [1.54, 1.807) is 0 Å². The quantitative estimate of drug-likeness (QED) is 0.413. The Balaban J connectivity index is 1.47. The summed E-state index contributed by atoms with van der Waals surface area (Å²) in [6, 6.07) is 0. The lowest BCUT2D eigenvalue weighted by molar-refractivity contribution is -0.174. The average Bonchev–Trinajstić information content (AvgIpc) is 3.08. The van der Waals surface area contributed by atoms with Crippen LogP contribution in [0.2, 0.25) is 0 Å². The van der Waals surface area contributed by atoms with Gasteiger partial charge in [0.2, 0.25) is 0 Å². The van der Waals surface area contributed by atoms with Crippen LogP contribution in [0.25, 0.3) is 0 Å². The highest BCUT2D eigenvalue weighted by molar-refractivity contribution is 7.80. The van der Waals surface area contributed by atoms with Crippen molar-refractivity contribution in [2.45, 2.75) is 117 Å². The predicted octanol–water partition coefficient (Wildman–Crippen LogP) is 5.24. The number of hydrogen-bond acceptors (Lipinski definition) is 5. The van der Waals surface area contributed by atoms with Gasteiger partial charge in [0, 0.05) is 0 Å². The van der Waals surface area contributed by atoms with Crippen LogP contribution >= 0.6 is 0 Å². The molecule has 0 heterocycles. The van der Waals surface area contributed by atoms with Gasteiger partial charge in [-0.25, -0.2) is 4.18 Å². The van der Waals surface area contributed by atoms with Gasteiger partial charge in [0.25, 0.3) is 0 Å². The Morgan fingerprint density at radius 1 is 0.912 bits per heavy atom. The minimum absolute atomic E-state index is 0.0107. The molecule has 198 valence electrons. The van der Waals surface area contributed by atoms with Crippen LogP contribution in [0, 0.1) is 52.3 Å². The highest BCUT2D eigenvalue weighted by Crippen LogP contribution is 2.68. The molecule has 4 fully saturated rings. The maximum Gasteiger partial charge on any atom is 0.397 e. The van der Waals surface area contributed by atoms with Crippen LogP contribution in [0.5, 0.6) is 0 Å². The van der Waals surface area contributed by atoms with Crippen LogP contribution in [0.4, 0.5) is 0 Å². The number of hydrogen-bond donors (Lipinski definition) is 3. The Hall–Kier alpha value is -0.210. The molecule has 4 rings (SSSR count). The summed E-state index contributed by atoms with van der Waals surface area (Å²) in [7, 11) is -4.45. The summed E-state index contributed by atoms with van der Waals surface area (Å²) in [4.78, 5) is 0. The normalized spacial score (nSPS) is 46.4. The summed E-state index contributed by atoms with van der Waals surface area (Å²) in [5.41, 5.74) is 0.446. The molecule has 0 bridgehead atoms. The number of fused-ring (bicyclic) bond motifs is 5. The van der Waals surface area contributed by atoms with Crippen LogP contribution in [0.3, 0.4) is 0 Å². The number of aliphatic hydroxyl groups excluding tert-OH is 2. The third-order valence-electron chi connectivity index (χ3n) is 11.3. The molecule has 4 aliphatic rings. The molecule has 0 saturated heterocycles. The largest absolute Gasteiger partial charge is 0.397 e. The first-order chi connectivity index (χ1) is 15.8. The van der Waals surface area contributed by atoms with Gasteiger partial charge in [-0.3, -0.25) is 4.55 Å². The van der Waals surface area contributed by atoms with E-state index in [0.29, 0.717) is 41.9 Å². The molecule has 0 amide bonds. The second-order valence-electron chi connectivity index (χ2n) is 13.3. The molecule has 0 spiro atoms. The fraction of sp³-hybridized carbons (Fsp3) is 1.00. The minimum Gasteiger partial charge on any atom is -0.393 e. The molecule has 7 heteroatoms. The standard InChI is InChI=1S/C27H48O6S/c1-16(2)24(33-34(30,31)32)9-6-17(3)20-7-8-21-25-22(11-13-27(20,21)5)26(4)12-10-19(28)14-18(26)15-23(25)29/h16-25,28-29H,6-15H2,1-5H3,(H,30,31,32)/t17-,18+,19?,20-,21?,22?,23-,24-,25?,26+,27-/m1/s1. The molecule has 0 aromatic carbocycles. The van der Waals surface area contributed by atoms with Crippen LogP contribution in [0.15, 0.2) is 0 Å². The average molecular weight is 501 g/mol. The van der Waals surface area contributed by atoms with Gasteiger partial charge in [-0.1, -0.05) is 34.6 Å². The van der Waals surface area contributed by atoms with E-state index in [1.165, 1.54) is 25.7 Å². The van der Waals surface area contributed by atoms with Crippen molar-refractivity contribution in [3.05, 3.63) is 0 Å². The Morgan fingerprint density at radius 2 is 1.56 bits per heavy atom. The fourth-order valence-corrected chi connectivity index (χ4v) is 10.1. The summed E-state index contributed by atoms with van der Waals surface area (Å²) in [6.07, 6.45) is 8.89. The summed E-state index contributed by atoms with van der Waals surface area (Å²) < 4.78 is 36.7. The second kappa shape index (κ2) is 9.59. The molecule has 0 aliphatic heterocycles. The molecular weight excluding hydrogens is 452 g/mol. The van der Waals surface area contributed by atoms with E-state index in [-0.39, 0.29) is 29.0 Å². The maximum absolute atomic E-state index is 11.4. The fourth-order valence-electron chi connectivity index (χ4n) is 9.45. The van der Waals surface area contributed by atoms with Crippen LogP contribution in [-0.4, -0.2) is 41.5 Å². The van der Waals surface area contributed by atoms with Crippen LogP contribution < -0.4 is 0 Å². The van der Waals surface area contributed by atoms with Crippen LogP contribution in [-0.2, 0) is 14.6 Å². The van der Waals surface area contributed by atoms with E-state index < -0.39 is 16.5 Å². The zero-order valence-corrected chi connectivity index (χ0v) is 22.6.